The van der Waals surface area contributed by atoms with Crippen LogP contribution in [0.25, 0.3) is 0 Å². The van der Waals surface area contributed by atoms with Crippen molar-refractivity contribution in [1.29, 1.82) is 0 Å². The molecule has 0 saturated carbocycles. The molecule has 4 nitrogen and oxygen atoms in total. The van der Waals surface area contributed by atoms with Crippen LogP contribution in [-0.4, -0.2) is 29.8 Å². The summed E-state index contributed by atoms with van der Waals surface area (Å²) < 4.78 is 10.8. The highest BCUT2D eigenvalue weighted by Crippen LogP contribution is 2.20. The molecule has 0 atom stereocenters. The number of ether oxygens (including phenoxy) is 2. The van der Waals surface area contributed by atoms with Crippen molar-refractivity contribution < 1.29 is 9.47 Å². The van der Waals surface area contributed by atoms with Crippen molar-refractivity contribution in [1.82, 2.24) is 9.97 Å². The van der Waals surface area contributed by atoms with E-state index in [1.54, 1.807) is 12.4 Å². The van der Waals surface area contributed by atoms with Gasteiger partial charge in [0, 0.05) is 25.6 Å². The summed E-state index contributed by atoms with van der Waals surface area (Å²) in [6.45, 7) is 2.28. The first-order chi connectivity index (χ1) is 7.36. The van der Waals surface area contributed by atoms with Gasteiger partial charge in [0.15, 0.2) is 5.15 Å². The highest BCUT2D eigenvalue weighted by molar-refractivity contribution is 6.30. The summed E-state index contributed by atoms with van der Waals surface area (Å²) in [4.78, 5) is 7.91. The maximum atomic E-state index is 5.82. The van der Waals surface area contributed by atoms with E-state index < -0.39 is 0 Å². The maximum Gasteiger partial charge on any atom is 0.252 e. The van der Waals surface area contributed by atoms with Crippen LogP contribution in [0.5, 0.6) is 5.88 Å². The lowest BCUT2D eigenvalue weighted by Gasteiger charge is -2.21. The second kappa shape index (κ2) is 5.28. The van der Waals surface area contributed by atoms with Crippen molar-refractivity contribution in [3.8, 4) is 5.88 Å². The Morgan fingerprint density at radius 2 is 2.07 bits per heavy atom. The van der Waals surface area contributed by atoms with Gasteiger partial charge in [-0.15, -0.1) is 0 Å². The van der Waals surface area contributed by atoms with Crippen LogP contribution >= 0.6 is 11.6 Å². The van der Waals surface area contributed by atoms with Gasteiger partial charge in [0.1, 0.15) is 0 Å². The van der Waals surface area contributed by atoms with E-state index in [0.29, 0.717) is 23.6 Å². The van der Waals surface area contributed by atoms with Crippen molar-refractivity contribution in [3.63, 3.8) is 0 Å². The van der Waals surface area contributed by atoms with Gasteiger partial charge in [-0.2, -0.15) is 0 Å². The highest BCUT2D eigenvalue weighted by Gasteiger charge is 2.15. The van der Waals surface area contributed by atoms with E-state index in [-0.39, 0.29) is 0 Å². The minimum atomic E-state index is 0.324. The summed E-state index contributed by atoms with van der Waals surface area (Å²) >= 11 is 5.82. The fraction of sp³-hybridized carbons (Fsp3) is 0.600. The van der Waals surface area contributed by atoms with E-state index in [2.05, 4.69) is 9.97 Å². The van der Waals surface area contributed by atoms with Crippen molar-refractivity contribution in [2.75, 3.05) is 19.8 Å². The average molecular weight is 229 g/mol. The van der Waals surface area contributed by atoms with E-state index in [1.807, 2.05) is 0 Å². The number of hydrogen-bond donors (Lipinski definition) is 0. The molecule has 0 aliphatic carbocycles. The van der Waals surface area contributed by atoms with Crippen LogP contribution in [0.4, 0.5) is 0 Å². The van der Waals surface area contributed by atoms with Gasteiger partial charge in [0.2, 0.25) is 0 Å². The number of halogens is 1. The van der Waals surface area contributed by atoms with Gasteiger partial charge < -0.3 is 9.47 Å². The van der Waals surface area contributed by atoms with Crippen molar-refractivity contribution in [3.05, 3.63) is 17.5 Å². The molecule has 2 heterocycles. The van der Waals surface area contributed by atoms with Gasteiger partial charge in [-0.1, -0.05) is 11.6 Å². The lowest BCUT2D eigenvalue weighted by atomic mass is 10.0. The first-order valence-electron chi connectivity index (χ1n) is 5.03. The first kappa shape index (κ1) is 10.6. The quantitative estimate of drug-likeness (QED) is 0.793. The highest BCUT2D eigenvalue weighted by atomic mass is 35.5. The molecule has 1 aromatic rings. The normalized spacial score (nSPS) is 17.7. The number of rotatable bonds is 3. The fourth-order valence-electron chi connectivity index (χ4n) is 1.51. The zero-order valence-electron chi connectivity index (χ0n) is 8.36. The van der Waals surface area contributed by atoms with Gasteiger partial charge in [-0.05, 0) is 18.8 Å². The van der Waals surface area contributed by atoms with Crippen LogP contribution in [0.2, 0.25) is 5.15 Å². The van der Waals surface area contributed by atoms with Gasteiger partial charge >= 0.3 is 0 Å². The van der Waals surface area contributed by atoms with E-state index in [1.165, 1.54) is 0 Å². The monoisotopic (exact) mass is 228 g/mol. The summed E-state index contributed by atoms with van der Waals surface area (Å²) in [5.74, 6) is 0.961. The Labute approximate surface area is 93.6 Å². The minimum Gasteiger partial charge on any atom is -0.475 e. The average Bonchev–Trinajstić information content (AvgIpc) is 2.29. The molecule has 82 valence electrons. The van der Waals surface area contributed by atoms with Crippen LogP contribution < -0.4 is 4.74 Å². The summed E-state index contributed by atoms with van der Waals surface area (Å²) in [5.41, 5.74) is 0. The Bertz CT molecular complexity index is 316. The van der Waals surface area contributed by atoms with Crippen LogP contribution in [0.1, 0.15) is 12.8 Å². The summed E-state index contributed by atoms with van der Waals surface area (Å²) in [7, 11) is 0. The molecule has 1 saturated heterocycles. The number of hydrogen-bond acceptors (Lipinski definition) is 4. The molecule has 1 aliphatic rings. The largest absolute Gasteiger partial charge is 0.475 e. The fourth-order valence-corrected chi connectivity index (χ4v) is 1.67. The van der Waals surface area contributed by atoms with Crippen LogP contribution in [0.15, 0.2) is 12.4 Å². The third-order valence-corrected chi connectivity index (χ3v) is 2.68. The Morgan fingerprint density at radius 1 is 1.33 bits per heavy atom. The Kier molecular flexibility index (Phi) is 3.75. The molecule has 0 unspecified atom stereocenters. The molecule has 0 aromatic carbocycles. The lowest BCUT2D eigenvalue weighted by molar-refractivity contribution is 0.0490. The second-order valence-electron chi connectivity index (χ2n) is 3.52. The Morgan fingerprint density at radius 3 is 2.80 bits per heavy atom. The summed E-state index contributed by atoms with van der Waals surface area (Å²) in [6, 6.07) is 0. The Balaban J connectivity index is 1.84. The molecule has 0 amide bonds. The standard InChI is InChI=1S/C10H13ClN2O2/c11-9-10(13-4-3-12-9)15-7-8-1-5-14-6-2-8/h3-4,8H,1-2,5-7H2. The number of aromatic nitrogens is 2. The molecule has 0 N–H and O–H groups in total. The minimum absolute atomic E-state index is 0.324. The van der Waals surface area contributed by atoms with Crippen molar-refractivity contribution in [2.24, 2.45) is 5.92 Å². The maximum absolute atomic E-state index is 5.82. The molecule has 0 radical (unpaired) electrons. The lowest BCUT2D eigenvalue weighted by Crippen LogP contribution is -2.21. The predicted octanol–water partition coefficient (Wildman–Crippen LogP) is 1.94. The third-order valence-electron chi connectivity index (χ3n) is 2.42. The zero-order valence-corrected chi connectivity index (χ0v) is 9.11. The molecule has 1 fully saturated rings. The van der Waals surface area contributed by atoms with Gasteiger partial charge in [0.25, 0.3) is 5.88 Å². The second-order valence-corrected chi connectivity index (χ2v) is 3.88. The molecule has 1 aliphatic heterocycles. The molecule has 1 aromatic heterocycles. The van der Waals surface area contributed by atoms with Gasteiger partial charge in [-0.3, -0.25) is 0 Å². The first-order valence-corrected chi connectivity index (χ1v) is 5.41. The third kappa shape index (κ3) is 3.04. The van der Waals surface area contributed by atoms with E-state index >= 15 is 0 Å². The molecule has 2 rings (SSSR count). The van der Waals surface area contributed by atoms with Gasteiger partial charge in [0.05, 0.1) is 6.61 Å². The molecule has 15 heavy (non-hydrogen) atoms. The van der Waals surface area contributed by atoms with Gasteiger partial charge in [-0.25, -0.2) is 9.97 Å². The van der Waals surface area contributed by atoms with Crippen LogP contribution in [0.3, 0.4) is 0 Å². The topological polar surface area (TPSA) is 44.2 Å². The SMILES string of the molecule is Clc1nccnc1OCC1CCOCC1. The number of nitrogens with zero attached hydrogens (tertiary/aromatic N) is 2. The molecule has 5 heteroatoms. The molecular formula is C10H13ClN2O2. The van der Waals surface area contributed by atoms with E-state index in [4.69, 9.17) is 21.1 Å². The molecule has 0 spiro atoms. The van der Waals surface area contributed by atoms with E-state index in [0.717, 1.165) is 26.1 Å². The molecule has 0 bridgehead atoms. The van der Waals surface area contributed by atoms with Crippen molar-refractivity contribution in [2.45, 2.75) is 12.8 Å². The van der Waals surface area contributed by atoms with E-state index in [9.17, 15) is 0 Å². The van der Waals surface area contributed by atoms with Crippen LogP contribution in [0, 0.1) is 5.92 Å². The zero-order chi connectivity index (χ0) is 10.5. The predicted molar refractivity (Wildman–Crippen MR) is 56.1 cm³/mol. The summed E-state index contributed by atoms with van der Waals surface area (Å²) in [5, 5.41) is 0.324. The smallest absolute Gasteiger partial charge is 0.252 e. The van der Waals surface area contributed by atoms with Crippen LogP contribution in [-0.2, 0) is 4.74 Å². The Hall–Kier alpha value is -0.870. The molecular weight excluding hydrogens is 216 g/mol. The van der Waals surface area contributed by atoms with Crippen molar-refractivity contribution >= 4 is 11.6 Å². The summed E-state index contributed by atoms with van der Waals surface area (Å²) in [6.07, 6.45) is 5.20.